The Balaban J connectivity index is -0.0000000533. The summed E-state index contributed by atoms with van der Waals surface area (Å²) in [5.74, 6) is 0. The van der Waals surface area contributed by atoms with E-state index in [9.17, 15) is 0 Å². The zero-order valence-electron chi connectivity index (χ0n) is 10.7. The Hall–Kier alpha value is 3.96. The van der Waals surface area contributed by atoms with Crippen LogP contribution in [-0.4, -0.2) is 131 Å². The summed E-state index contributed by atoms with van der Waals surface area (Å²) in [6.07, 6.45) is 4.91. The fourth-order valence-electron chi connectivity index (χ4n) is 0.595. The summed E-state index contributed by atoms with van der Waals surface area (Å²) in [7, 11) is 0. The fourth-order valence-corrected chi connectivity index (χ4v) is 0.595. The van der Waals surface area contributed by atoms with Gasteiger partial charge in [0.05, 0.1) is 0 Å². The van der Waals surface area contributed by atoms with Gasteiger partial charge in [0.1, 0.15) is 0 Å². The quantitative estimate of drug-likeness (QED) is 0.482. The minimum atomic E-state index is 0. The maximum absolute atomic E-state index is 5.31. The smallest absolute Gasteiger partial charge is 0.0465 e. The first-order valence-corrected chi connectivity index (χ1v) is 3.99. The van der Waals surface area contributed by atoms with E-state index in [1.807, 2.05) is 0 Å². The maximum Gasteiger partial charge on any atom is 0.0465 e. The molecule has 0 saturated carbocycles. The van der Waals surface area contributed by atoms with Crippen LogP contribution in [0, 0.1) is 0 Å². The van der Waals surface area contributed by atoms with Gasteiger partial charge in [-0.3, -0.25) is 0 Å². The molecule has 0 aliphatic heterocycles. The van der Waals surface area contributed by atoms with Crippen molar-refractivity contribution in [3.8, 4) is 0 Å². The summed E-state index contributed by atoms with van der Waals surface area (Å²) in [5.41, 5.74) is 0. The van der Waals surface area contributed by atoms with Gasteiger partial charge in [0.25, 0.3) is 0 Å². The molecule has 0 aliphatic rings. The van der Waals surface area contributed by atoms with Crippen molar-refractivity contribution in [2.24, 2.45) is 0 Å². The minimum Gasteiger partial charge on any atom is -0.381 e. The van der Waals surface area contributed by atoms with Crippen LogP contribution >= 0.6 is 0 Å². The van der Waals surface area contributed by atoms with Crippen LogP contribution in [0.2, 0.25) is 0 Å². The van der Waals surface area contributed by atoms with Gasteiger partial charge in [0.15, 0.2) is 0 Å². The Bertz CT molecular complexity index is 49.4. The third kappa shape index (κ3) is 31.4. The molecule has 0 heterocycles. The van der Waals surface area contributed by atoms with E-state index in [1.165, 1.54) is 25.7 Å². The van der Waals surface area contributed by atoms with E-state index in [2.05, 4.69) is 13.8 Å². The monoisotopic (exact) mass is 222 g/mol. The summed E-state index contributed by atoms with van der Waals surface area (Å²) in [4.78, 5) is 0. The fraction of sp³-hybridized carbons (Fsp3) is 1.00. The van der Waals surface area contributed by atoms with Crippen molar-refractivity contribution in [3.05, 3.63) is 0 Å². The van der Waals surface area contributed by atoms with Crippen LogP contribution in [0.4, 0.5) is 0 Å². The third-order valence-electron chi connectivity index (χ3n) is 1.28. The molecule has 0 fully saturated rings. The van der Waals surface area contributed by atoms with E-state index in [0.717, 1.165) is 13.2 Å². The van der Waals surface area contributed by atoms with Crippen molar-refractivity contribution < 1.29 is 4.74 Å². The Morgan fingerprint density at radius 3 is 1.23 bits per heavy atom. The molecular weight excluding hydrogens is 204 g/mol. The molecular formula is C8H18Na4O. The van der Waals surface area contributed by atoms with E-state index >= 15 is 0 Å². The molecule has 0 amide bonds. The minimum absolute atomic E-state index is 0. The van der Waals surface area contributed by atoms with Crippen LogP contribution in [0.5, 0.6) is 0 Å². The summed E-state index contributed by atoms with van der Waals surface area (Å²) in [5, 5.41) is 0. The number of ether oxygens (including phenoxy) is 1. The van der Waals surface area contributed by atoms with Crippen molar-refractivity contribution in [2.45, 2.75) is 39.5 Å². The molecule has 5 heteroatoms. The average Bonchev–Trinajstić information content (AvgIpc) is 1.89. The predicted molar refractivity (Wildman–Crippen MR) is 63.7 cm³/mol. The molecule has 13 heavy (non-hydrogen) atoms. The summed E-state index contributed by atoms with van der Waals surface area (Å²) in [6.45, 7) is 6.28. The van der Waals surface area contributed by atoms with Crippen molar-refractivity contribution in [3.63, 3.8) is 0 Å². The molecule has 0 aromatic heterocycles. The molecule has 0 saturated heterocycles. The SMILES string of the molecule is CCCCOCCCC.[Na].[Na].[Na].[Na]. The standard InChI is InChI=1S/C8H18O.4Na/c1-3-5-7-9-8-6-4-2;;;;/h3-8H2,1-2H3;;;;. The zero-order chi connectivity index (χ0) is 6.95. The van der Waals surface area contributed by atoms with Crippen molar-refractivity contribution in [1.82, 2.24) is 0 Å². The van der Waals surface area contributed by atoms with Gasteiger partial charge in [-0.05, 0) is 12.8 Å². The van der Waals surface area contributed by atoms with Gasteiger partial charge >= 0.3 is 0 Å². The normalized spacial score (nSPS) is 6.92. The molecule has 0 unspecified atom stereocenters. The molecule has 4 radical (unpaired) electrons. The van der Waals surface area contributed by atoms with Gasteiger partial charge in [-0.2, -0.15) is 0 Å². The number of hydrogen-bond donors (Lipinski definition) is 0. The third-order valence-corrected chi connectivity index (χ3v) is 1.28. The first-order valence-electron chi connectivity index (χ1n) is 3.99. The van der Waals surface area contributed by atoms with E-state index in [1.54, 1.807) is 0 Å². The Labute approximate surface area is 172 Å². The van der Waals surface area contributed by atoms with Crippen LogP contribution in [0.1, 0.15) is 39.5 Å². The van der Waals surface area contributed by atoms with Crippen molar-refractivity contribution in [1.29, 1.82) is 0 Å². The summed E-state index contributed by atoms with van der Waals surface area (Å²) in [6, 6.07) is 0. The first-order chi connectivity index (χ1) is 4.41. The Morgan fingerprint density at radius 2 is 1.00 bits per heavy atom. The zero-order valence-corrected chi connectivity index (χ0v) is 18.7. The van der Waals surface area contributed by atoms with E-state index < -0.39 is 0 Å². The average molecular weight is 222 g/mol. The van der Waals surface area contributed by atoms with Crippen LogP contribution < -0.4 is 0 Å². The van der Waals surface area contributed by atoms with Crippen LogP contribution in [0.3, 0.4) is 0 Å². The second-order valence-electron chi connectivity index (χ2n) is 2.32. The van der Waals surface area contributed by atoms with Gasteiger partial charge in [0, 0.05) is 131 Å². The molecule has 0 aromatic carbocycles. The molecule has 1 nitrogen and oxygen atoms in total. The number of rotatable bonds is 6. The van der Waals surface area contributed by atoms with Crippen LogP contribution in [0.15, 0.2) is 0 Å². The van der Waals surface area contributed by atoms with Crippen molar-refractivity contribution >= 4 is 118 Å². The largest absolute Gasteiger partial charge is 0.381 e. The first kappa shape index (κ1) is 30.2. The van der Waals surface area contributed by atoms with E-state index in [4.69, 9.17) is 4.74 Å². The predicted octanol–water partition coefficient (Wildman–Crippen LogP) is 1.08. The second-order valence-corrected chi connectivity index (χ2v) is 2.32. The van der Waals surface area contributed by atoms with Gasteiger partial charge in [0.2, 0.25) is 0 Å². The number of hydrogen-bond acceptors (Lipinski definition) is 1. The van der Waals surface area contributed by atoms with E-state index in [0.29, 0.717) is 0 Å². The molecule has 0 rings (SSSR count). The summed E-state index contributed by atoms with van der Waals surface area (Å²) >= 11 is 0. The number of unbranched alkanes of at least 4 members (excludes halogenated alkanes) is 2. The topological polar surface area (TPSA) is 9.23 Å². The Morgan fingerprint density at radius 1 is 0.692 bits per heavy atom. The van der Waals surface area contributed by atoms with Gasteiger partial charge < -0.3 is 4.74 Å². The summed E-state index contributed by atoms with van der Waals surface area (Å²) < 4.78 is 5.31. The Kier molecular flexibility index (Phi) is 69.1. The molecule has 0 spiro atoms. The van der Waals surface area contributed by atoms with Gasteiger partial charge in [-0.1, -0.05) is 26.7 Å². The molecule has 0 aliphatic carbocycles. The molecule has 0 N–H and O–H groups in total. The van der Waals surface area contributed by atoms with E-state index in [-0.39, 0.29) is 118 Å². The van der Waals surface area contributed by atoms with Gasteiger partial charge in [-0.15, -0.1) is 0 Å². The van der Waals surface area contributed by atoms with Crippen LogP contribution in [0.25, 0.3) is 0 Å². The molecule has 0 atom stereocenters. The van der Waals surface area contributed by atoms with Gasteiger partial charge in [-0.25, -0.2) is 0 Å². The molecule has 60 valence electrons. The van der Waals surface area contributed by atoms with Crippen molar-refractivity contribution in [2.75, 3.05) is 13.2 Å². The maximum atomic E-state index is 5.31. The molecule has 0 aromatic rings. The second kappa shape index (κ2) is 29.7. The van der Waals surface area contributed by atoms with Crippen LogP contribution in [-0.2, 0) is 4.74 Å². The molecule has 0 bridgehead atoms.